The summed E-state index contributed by atoms with van der Waals surface area (Å²) in [6.07, 6.45) is 19.5. The summed E-state index contributed by atoms with van der Waals surface area (Å²) in [5, 5.41) is 5.05. The van der Waals surface area contributed by atoms with Crippen LogP contribution in [0.1, 0.15) is 57.2 Å². The Balaban J connectivity index is 0.000000234. The molecule has 1 aliphatic carbocycles. The van der Waals surface area contributed by atoms with E-state index in [9.17, 15) is 4.39 Å². The second-order valence-corrected chi connectivity index (χ2v) is 10.3. The molecule has 5 aromatic rings. The predicted octanol–water partition coefficient (Wildman–Crippen LogP) is 12.3. The van der Waals surface area contributed by atoms with Crippen LogP contribution in [0.15, 0.2) is 140 Å². The standard InChI is InChI=1S/C27H23N.C13H13F.C2H6/c1-2-19-18-22(20-8-4-3-5-9-20)13-14-24(19)27-26-15-12-21-10-6-7-11-23(21)25(26)16-17-28-27;1-3-4-5-8-11(2)12-9-6-7-10-13(12)14;1-2/h4,6-18H,2-3,5H2,1H3;3-10H,2H2,1H3;1-2H3/b;4-3-,8-5-;. The third-order valence-corrected chi connectivity index (χ3v) is 7.56. The summed E-state index contributed by atoms with van der Waals surface area (Å²) in [6.45, 7) is 12.0. The summed E-state index contributed by atoms with van der Waals surface area (Å²) >= 11 is 0. The summed E-state index contributed by atoms with van der Waals surface area (Å²) in [6, 6.07) is 28.6. The Morgan fingerprint density at radius 2 is 1.66 bits per heavy atom. The SMILES string of the molecule is C=C(/C=C\C=C/C)c1ccccc1F.CC.CCc1cc(C2=CCCC=C2)ccc1-c1nccc2c1ccc1ccccc12. The van der Waals surface area contributed by atoms with Gasteiger partial charge in [-0.3, -0.25) is 4.98 Å². The van der Waals surface area contributed by atoms with E-state index in [0.717, 1.165) is 25.0 Å². The fraction of sp³-hybridized carbons (Fsp3) is 0.167. The third-order valence-electron chi connectivity index (χ3n) is 7.56. The molecule has 1 aromatic heterocycles. The summed E-state index contributed by atoms with van der Waals surface area (Å²) in [5.74, 6) is -0.234. The van der Waals surface area contributed by atoms with Gasteiger partial charge in [-0.1, -0.05) is 143 Å². The number of allylic oxidation sites excluding steroid dienone is 9. The fourth-order valence-electron chi connectivity index (χ4n) is 5.37. The Morgan fingerprint density at radius 1 is 0.864 bits per heavy atom. The largest absolute Gasteiger partial charge is 0.256 e. The molecule has 1 nitrogen and oxygen atoms in total. The molecule has 1 heterocycles. The maximum atomic E-state index is 13.2. The van der Waals surface area contributed by atoms with E-state index < -0.39 is 0 Å². The van der Waals surface area contributed by atoms with Crippen molar-refractivity contribution in [3.8, 4) is 11.3 Å². The number of rotatable bonds is 6. The van der Waals surface area contributed by atoms with Crippen LogP contribution in [0.4, 0.5) is 4.39 Å². The van der Waals surface area contributed by atoms with E-state index in [-0.39, 0.29) is 5.82 Å². The van der Waals surface area contributed by atoms with E-state index in [1.165, 1.54) is 49.9 Å². The summed E-state index contributed by atoms with van der Waals surface area (Å²) in [5.41, 5.74) is 7.55. The van der Waals surface area contributed by atoms with Crippen LogP contribution in [0.3, 0.4) is 0 Å². The van der Waals surface area contributed by atoms with Gasteiger partial charge in [-0.05, 0) is 76.8 Å². The van der Waals surface area contributed by atoms with Gasteiger partial charge in [-0.15, -0.1) is 0 Å². The molecular weight excluding hydrogens is 537 g/mol. The van der Waals surface area contributed by atoms with E-state index in [2.05, 4.69) is 92.4 Å². The first-order chi connectivity index (χ1) is 21.6. The molecule has 0 saturated heterocycles. The molecule has 0 fully saturated rings. The van der Waals surface area contributed by atoms with Crippen LogP contribution >= 0.6 is 0 Å². The number of aryl methyl sites for hydroxylation is 1. The second kappa shape index (κ2) is 16.1. The van der Waals surface area contributed by atoms with Crippen molar-refractivity contribution in [3.63, 3.8) is 0 Å². The minimum atomic E-state index is -0.234. The van der Waals surface area contributed by atoms with Gasteiger partial charge in [0.15, 0.2) is 0 Å². The molecule has 0 radical (unpaired) electrons. The van der Waals surface area contributed by atoms with Crippen molar-refractivity contribution >= 4 is 32.7 Å². The van der Waals surface area contributed by atoms with Gasteiger partial charge in [0.1, 0.15) is 5.82 Å². The number of aromatic nitrogens is 1. The lowest BCUT2D eigenvalue weighted by molar-refractivity contribution is 0.624. The number of pyridine rings is 1. The molecule has 0 bridgehead atoms. The molecule has 0 amide bonds. The smallest absolute Gasteiger partial charge is 0.131 e. The molecule has 0 aliphatic heterocycles. The molecule has 0 saturated carbocycles. The Hall–Kier alpha value is -4.82. The average molecular weight is 580 g/mol. The van der Waals surface area contributed by atoms with Crippen LogP contribution in [-0.2, 0) is 6.42 Å². The number of nitrogens with zero attached hydrogens (tertiary/aromatic N) is 1. The van der Waals surface area contributed by atoms with Crippen LogP contribution in [0.25, 0.3) is 43.9 Å². The maximum absolute atomic E-state index is 13.2. The van der Waals surface area contributed by atoms with Gasteiger partial charge < -0.3 is 0 Å². The van der Waals surface area contributed by atoms with Crippen LogP contribution < -0.4 is 0 Å². The molecule has 0 unspecified atom stereocenters. The molecule has 6 rings (SSSR count). The Bertz CT molecular complexity index is 1850. The Morgan fingerprint density at radius 3 is 2.41 bits per heavy atom. The minimum Gasteiger partial charge on any atom is -0.256 e. The molecule has 0 N–H and O–H groups in total. The van der Waals surface area contributed by atoms with Crippen molar-refractivity contribution in [2.24, 2.45) is 0 Å². The molecule has 222 valence electrons. The number of fused-ring (bicyclic) bond motifs is 3. The highest BCUT2D eigenvalue weighted by Crippen LogP contribution is 2.35. The van der Waals surface area contributed by atoms with E-state index >= 15 is 0 Å². The molecule has 0 spiro atoms. The summed E-state index contributed by atoms with van der Waals surface area (Å²) < 4.78 is 13.2. The van der Waals surface area contributed by atoms with E-state index in [1.54, 1.807) is 24.3 Å². The van der Waals surface area contributed by atoms with Crippen molar-refractivity contribution < 1.29 is 4.39 Å². The zero-order valence-corrected chi connectivity index (χ0v) is 26.4. The lowest BCUT2D eigenvalue weighted by Crippen LogP contribution is -1.95. The van der Waals surface area contributed by atoms with Crippen molar-refractivity contribution in [3.05, 3.63) is 163 Å². The van der Waals surface area contributed by atoms with Gasteiger partial charge in [-0.2, -0.15) is 0 Å². The third kappa shape index (κ3) is 7.57. The van der Waals surface area contributed by atoms with Gasteiger partial charge in [0.2, 0.25) is 0 Å². The highest BCUT2D eigenvalue weighted by molar-refractivity contribution is 6.11. The van der Waals surface area contributed by atoms with Crippen molar-refractivity contribution in [2.75, 3.05) is 0 Å². The molecule has 44 heavy (non-hydrogen) atoms. The number of hydrogen-bond acceptors (Lipinski definition) is 1. The molecule has 2 heteroatoms. The highest BCUT2D eigenvalue weighted by Gasteiger charge is 2.13. The first-order valence-electron chi connectivity index (χ1n) is 15.6. The van der Waals surface area contributed by atoms with Crippen LogP contribution in [0, 0.1) is 5.82 Å². The van der Waals surface area contributed by atoms with Crippen LogP contribution in [0.5, 0.6) is 0 Å². The van der Waals surface area contributed by atoms with Gasteiger partial charge in [-0.25, -0.2) is 4.39 Å². The normalized spacial score (nSPS) is 12.5. The topological polar surface area (TPSA) is 12.9 Å². The molecular formula is C42H42FN. The number of benzene rings is 4. The van der Waals surface area contributed by atoms with E-state index in [1.807, 2.05) is 45.2 Å². The fourth-order valence-corrected chi connectivity index (χ4v) is 5.37. The van der Waals surface area contributed by atoms with Gasteiger partial charge in [0, 0.05) is 22.7 Å². The maximum Gasteiger partial charge on any atom is 0.131 e. The first kappa shape index (κ1) is 32.1. The molecule has 4 aromatic carbocycles. The summed E-state index contributed by atoms with van der Waals surface area (Å²) in [7, 11) is 0. The monoisotopic (exact) mass is 579 g/mol. The number of halogens is 1. The first-order valence-corrected chi connectivity index (χ1v) is 15.6. The summed E-state index contributed by atoms with van der Waals surface area (Å²) in [4.78, 5) is 4.81. The lowest BCUT2D eigenvalue weighted by atomic mass is 9.91. The molecule has 1 aliphatic rings. The van der Waals surface area contributed by atoms with Gasteiger partial charge in [0.25, 0.3) is 0 Å². The zero-order valence-electron chi connectivity index (χ0n) is 26.4. The van der Waals surface area contributed by atoms with Crippen LogP contribution in [-0.4, -0.2) is 4.98 Å². The second-order valence-electron chi connectivity index (χ2n) is 10.3. The average Bonchev–Trinajstić information content (AvgIpc) is 3.09. The Kier molecular flexibility index (Phi) is 11.8. The number of hydrogen-bond donors (Lipinski definition) is 0. The predicted molar refractivity (Wildman–Crippen MR) is 191 cm³/mol. The highest BCUT2D eigenvalue weighted by atomic mass is 19.1. The van der Waals surface area contributed by atoms with E-state index in [0.29, 0.717) is 11.1 Å². The lowest BCUT2D eigenvalue weighted by Gasteiger charge is -2.14. The van der Waals surface area contributed by atoms with Crippen molar-refractivity contribution in [2.45, 2.75) is 47.0 Å². The minimum absolute atomic E-state index is 0.234. The van der Waals surface area contributed by atoms with Gasteiger partial charge in [0.05, 0.1) is 5.69 Å². The zero-order chi connectivity index (χ0) is 31.3. The molecule has 0 atom stereocenters. The van der Waals surface area contributed by atoms with Gasteiger partial charge >= 0.3 is 0 Å². The Labute approximate surface area is 262 Å². The van der Waals surface area contributed by atoms with Crippen molar-refractivity contribution in [1.29, 1.82) is 0 Å². The van der Waals surface area contributed by atoms with Crippen molar-refractivity contribution in [1.82, 2.24) is 4.98 Å². The van der Waals surface area contributed by atoms with E-state index in [4.69, 9.17) is 4.98 Å². The van der Waals surface area contributed by atoms with Crippen LogP contribution in [0.2, 0.25) is 0 Å². The quantitative estimate of drug-likeness (QED) is 0.144.